The zero-order valence-electron chi connectivity index (χ0n) is 18.1. The standard InChI is InChI=1S/C23H34N2O5/c1-29-18-7-6-17(14-19(18)30-2)15-22(13-9-21(27)25-22)12-8-20(26)24-16-23(28)10-4-3-5-11-23/h6-7,14,28H,3-5,8-13,15-16H2,1-2H3,(H,24,26)(H,25,27)/t22-/m1/s1. The van der Waals surface area contributed by atoms with Crippen molar-refractivity contribution >= 4 is 11.8 Å². The molecule has 3 N–H and O–H groups in total. The zero-order chi connectivity index (χ0) is 21.6. The van der Waals surface area contributed by atoms with Crippen LogP contribution in [-0.2, 0) is 16.0 Å². The number of carbonyl (C=O) groups is 2. The van der Waals surface area contributed by atoms with E-state index < -0.39 is 11.1 Å². The van der Waals surface area contributed by atoms with E-state index in [4.69, 9.17) is 9.47 Å². The molecule has 1 aliphatic heterocycles. The molecule has 30 heavy (non-hydrogen) atoms. The van der Waals surface area contributed by atoms with Gasteiger partial charge in [0.1, 0.15) is 0 Å². The molecule has 0 spiro atoms. The van der Waals surface area contributed by atoms with Gasteiger partial charge in [0.15, 0.2) is 11.5 Å². The van der Waals surface area contributed by atoms with Gasteiger partial charge in [0.2, 0.25) is 11.8 Å². The summed E-state index contributed by atoms with van der Waals surface area (Å²) >= 11 is 0. The average molecular weight is 419 g/mol. The molecule has 7 heteroatoms. The fourth-order valence-electron chi connectivity index (χ4n) is 4.65. The van der Waals surface area contributed by atoms with Gasteiger partial charge in [0, 0.05) is 24.9 Å². The van der Waals surface area contributed by atoms with Crippen molar-refractivity contribution in [3.8, 4) is 11.5 Å². The summed E-state index contributed by atoms with van der Waals surface area (Å²) in [5.74, 6) is 1.24. The number of methoxy groups -OCH3 is 2. The second-order valence-electron chi connectivity index (χ2n) is 8.76. The SMILES string of the molecule is COc1ccc(C[C@@]2(CCC(=O)NCC3(O)CCCCC3)CCC(=O)N2)cc1OC. The van der Waals surface area contributed by atoms with Crippen LogP contribution in [0.5, 0.6) is 11.5 Å². The Hall–Kier alpha value is -2.28. The summed E-state index contributed by atoms with van der Waals surface area (Å²) in [5, 5.41) is 16.6. The number of carbonyl (C=O) groups excluding carboxylic acids is 2. The van der Waals surface area contributed by atoms with E-state index in [1.807, 2.05) is 18.2 Å². The van der Waals surface area contributed by atoms with E-state index in [1.165, 1.54) is 0 Å². The maximum Gasteiger partial charge on any atom is 0.220 e. The number of hydrogen-bond acceptors (Lipinski definition) is 5. The first-order valence-corrected chi connectivity index (χ1v) is 10.9. The molecule has 0 radical (unpaired) electrons. The van der Waals surface area contributed by atoms with Crippen LogP contribution < -0.4 is 20.1 Å². The first kappa shape index (κ1) is 22.4. The van der Waals surface area contributed by atoms with Gasteiger partial charge in [0.05, 0.1) is 19.8 Å². The predicted molar refractivity (Wildman–Crippen MR) is 114 cm³/mol. The van der Waals surface area contributed by atoms with Crippen LogP contribution in [0.3, 0.4) is 0 Å². The third-order valence-electron chi connectivity index (χ3n) is 6.46. The molecular weight excluding hydrogens is 384 g/mol. The molecule has 1 saturated carbocycles. The highest BCUT2D eigenvalue weighted by molar-refractivity contribution is 5.80. The summed E-state index contributed by atoms with van der Waals surface area (Å²) in [6.45, 7) is 0.306. The molecule has 2 aliphatic rings. The lowest BCUT2D eigenvalue weighted by molar-refractivity contribution is -0.124. The number of rotatable bonds is 9. The highest BCUT2D eigenvalue weighted by atomic mass is 16.5. The average Bonchev–Trinajstić information content (AvgIpc) is 3.12. The van der Waals surface area contributed by atoms with Gasteiger partial charge in [0.25, 0.3) is 0 Å². The van der Waals surface area contributed by atoms with Crippen molar-refractivity contribution in [1.82, 2.24) is 10.6 Å². The Bertz CT molecular complexity index is 760. The summed E-state index contributed by atoms with van der Waals surface area (Å²) in [6.07, 6.45) is 7.29. The van der Waals surface area contributed by atoms with Crippen molar-refractivity contribution in [3.63, 3.8) is 0 Å². The molecule has 1 aromatic carbocycles. The third kappa shape index (κ3) is 5.65. The minimum Gasteiger partial charge on any atom is -0.493 e. The molecule has 7 nitrogen and oxygen atoms in total. The minimum absolute atomic E-state index is 0.0207. The normalized spacial score (nSPS) is 23.0. The van der Waals surface area contributed by atoms with Gasteiger partial charge in [-0.3, -0.25) is 9.59 Å². The predicted octanol–water partition coefficient (Wildman–Crippen LogP) is 2.49. The van der Waals surface area contributed by atoms with E-state index in [0.29, 0.717) is 50.1 Å². The Kier molecular flexibility index (Phi) is 7.23. The van der Waals surface area contributed by atoms with Gasteiger partial charge in [-0.2, -0.15) is 0 Å². The van der Waals surface area contributed by atoms with Crippen molar-refractivity contribution in [2.24, 2.45) is 0 Å². The van der Waals surface area contributed by atoms with Crippen molar-refractivity contribution in [2.45, 2.75) is 75.3 Å². The summed E-state index contributed by atoms with van der Waals surface area (Å²) in [4.78, 5) is 24.5. The highest BCUT2D eigenvalue weighted by Gasteiger charge is 2.38. The fourth-order valence-corrected chi connectivity index (χ4v) is 4.65. The second kappa shape index (κ2) is 9.69. The second-order valence-corrected chi connectivity index (χ2v) is 8.76. The zero-order valence-corrected chi connectivity index (χ0v) is 18.1. The van der Waals surface area contributed by atoms with Crippen LogP contribution in [0, 0.1) is 0 Å². The number of ether oxygens (including phenoxy) is 2. The molecule has 2 amide bonds. The van der Waals surface area contributed by atoms with E-state index in [0.717, 1.165) is 37.7 Å². The lowest BCUT2D eigenvalue weighted by atomic mass is 9.84. The Morgan fingerprint density at radius 1 is 1.13 bits per heavy atom. The maximum atomic E-state index is 12.5. The Morgan fingerprint density at radius 3 is 2.50 bits per heavy atom. The summed E-state index contributed by atoms with van der Waals surface area (Å²) in [6, 6.07) is 5.74. The Morgan fingerprint density at radius 2 is 1.87 bits per heavy atom. The first-order chi connectivity index (χ1) is 14.4. The van der Waals surface area contributed by atoms with Gasteiger partial charge in [-0.05, 0) is 49.8 Å². The van der Waals surface area contributed by atoms with Crippen LogP contribution in [0.25, 0.3) is 0 Å². The summed E-state index contributed by atoms with van der Waals surface area (Å²) < 4.78 is 10.7. The molecule has 2 fully saturated rings. The smallest absolute Gasteiger partial charge is 0.220 e. The number of aliphatic hydroxyl groups is 1. The molecule has 1 atom stereocenters. The van der Waals surface area contributed by atoms with Crippen molar-refractivity contribution in [2.75, 3.05) is 20.8 Å². The van der Waals surface area contributed by atoms with Crippen molar-refractivity contribution in [3.05, 3.63) is 23.8 Å². The maximum absolute atomic E-state index is 12.5. The highest BCUT2D eigenvalue weighted by Crippen LogP contribution is 2.33. The molecule has 0 aromatic heterocycles. The van der Waals surface area contributed by atoms with Crippen LogP contribution in [0.4, 0.5) is 0 Å². The molecule has 1 aromatic rings. The topological polar surface area (TPSA) is 96.9 Å². The minimum atomic E-state index is -0.771. The first-order valence-electron chi connectivity index (χ1n) is 10.9. The molecule has 166 valence electrons. The van der Waals surface area contributed by atoms with Crippen LogP contribution in [0.2, 0.25) is 0 Å². The summed E-state index contributed by atoms with van der Waals surface area (Å²) in [7, 11) is 3.19. The van der Waals surface area contributed by atoms with E-state index in [2.05, 4.69) is 10.6 Å². The number of hydrogen-bond donors (Lipinski definition) is 3. The molecule has 1 heterocycles. The van der Waals surface area contributed by atoms with Gasteiger partial charge < -0.3 is 25.2 Å². The van der Waals surface area contributed by atoms with Crippen LogP contribution in [0.1, 0.15) is 63.4 Å². The van der Waals surface area contributed by atoms with Crippen molar-refractivity contribution in [1.29, 1.82) is 0 Å². The number of amides is 2. The Balaban J connectivity index is 1.60. The van der Waals surface area contributed by atoms with Crippen LogP contribution in [-0.4, -0.2) is 48.8 Å². The lowest BCUT2D eigenvalue weighted by Gasteiger charge is -2.32. The number of benzene rings is 1. The molecular formula is C23H34N2O5. The third-order valence-corrected chi connectivity index (χ3v) is 6.46. The van der Waals surface area contributed by atoms with Crippen molar-refractivity contribution < 1.29 is 24.2 Å². The van der Waals surface area contributed by atoms with E-state index in [9.17, 15) is 14.7 Å². The van der Waals surface area contributed by atoms with Gasteiger partial charge in [-0.15, -0.1) is 0 Å². The fraction of sp³-hybridized carbons (Fsp3) is 0.652. The monoisotopic (exact) mass is 418 g/mol. The van der Waals surface area contributed by atoms with E-state index >= 15 is 0 Å². The molecule has 3 rings (SSSR count). The molecule has 0 bridgehead atoms. The largest absolute Gasteiger partial charge is 0.493 e. The quantitative estimate of drug-likeness (QED) is 0.573. The van der Waals surface area contributed by atoms with E-state index in [-0.39, 0.29) is 11.8 Å². The summed E-state index contributed by atoms with van der Waals surface area (Å²) in [5.41, 5.74) is -0.199. The molecule has 1 saturated heterocycles. The Labute approximate surface area is 178 Å². The van der Waals surface area contributed by atoms with Gasteiger partial charge in [-0.1, -0.05) is 25.3 Å². The van der Waals surface area contributed by atoms with Crippen LogP contribution in [0.15, 0.2) is 18.2 Å². The van der Waals surface area contributed by atoms with Crippen LogP contribution >= 0.6 is 0 Å². The number of nitrogens with one attached hydrogen (secondary N) is 2. The lowest BCUT2D eigenvalue weighted by Crippen LogP contribution is -2.46. The van der Waals surface area contributed by atoms with Gasteiger partial charge in [-0.25, -0.2) is 0 Å². The van der Waals surface area contributed by atoms with E-state index in [1.54, 1.807) is 14.2 Å². The molecule has 0 unspecified atom stereocenters. The van der Waals surface area contributed by atoms with Gasteiger partial charge >= 0.3 is 0 Å². The molecule has 1 aliphatic carbocycles.